The molecule has 0 aromatic heterocycles. The van der Waals surface area contributed by atoms with Crippen molar-refractivity contribution >= 4 is 17.4 Å². The fraction of sp³-hybridized carbons (Fsp3) is 0.333. The van der Waals surface area contributed by atoms with Crippen molar-refractivity contribution in [3.05, 3.63) is 39.8 Å². The Hall–Kier alpha value is -2.41. The van der Waals surface area contributed by atoms with Crippen LogP contribution in [0.1, 0.15) is 28.4 Å². The highest BCUT2D eigenvalue weighted by Crippen LogP contribution is 2.33. The van der Waals surface area contributed by atoms with Crippen LogP contribution < -0.4 is 5.32 Å². The Balaban J connectivity index is 2.24. The van der Waals surface area contributed by atoms with Crippen molar-refractivity contribution in [3.8, 4) is 0 Å². The second-order valence-corrected chi connectivity index (χ2v) is 4.31. The first-order valence-corrected chi connectivity index (χ1v) is 5.92. The first-order valence-electron chi connectivity index (χ1n) is 5.92. The molecule has 1 amide bonds. The Kier molecular flexibility index (Phi) is 3.99. The first-order chi connectivity index (χ1) is 9.56. The number of nitrogens with one attached hydrogen (secondary N) is 1. The molecule has 8 nitrogen and oxygen atoms in total. The van der Waals surface area contributed by atoms with Gasteiger partial charge in [0, 0.05) is 17.0 Å². The summed E-state index contributed by atoms with van der Waals surface area (Å²) >= 11 is 0. The Morgan fingerprint density at radius 3 is 2.80 bits per heavy atom. The third-order valence-electron chi connectivity index (χ3n) is 3.06. The van der Waals surface area contributed by atoms with Crippen molar-refractivity contribution in [1.82, 2.24) is 0 Å². The molecule has 1 aromatic carbocycles. The van der Waals surface area contributed by atoms with Crippen molar-refractivity contribution in [2.45, 2.75) is 18.6 Å². The number of aliphatic hydroxyl groups is 2. The van der Waals surface area contributed by atoms with E-state index in [1.807, 2.05) is 0 Å². The summed E-state index contributed by atoms with van der Waals surface area (Å²) in [7, 11) is 0. The molecule has 2 atom stereocenters. The van der Waals surface area contributed by atoms with E-state index in [2.05, 4.69) is 15.3 Å². The summed E-state index contributed by atoms with van der Waals surface area (Å²) in [5, 5.41) is 25.6. The van der Waals surface area contributed by atoms with E-state index in [0.717, 1.165) is 0 Å². The highest BCUT2D eigenvalue weighted by atomic mass is 16.3. The topological polar surface area (TPSA) is 135 Å². The monoisotopic (exact) mass is 276 g/mol. The second-order valence-electron chi connectivity index (χ2n) is 4.31. The predicted molar refractivity (Wildman–Crippen MR) is 69.0 cm³/mol. The molecular formula is C12H12N4O4. The minimum absolute atomic E-state index is 0.0367. The number of nitrogens with zero attached hydrogens (tertiary/aromatic N) is 3. The van der Waals surface area contributed by atoms with Gasteiger partial charge in [-0.2, -0.15) is 0 Å². The van der Waals surface area contributed by atoms with Crippen LogP contribution in [0.4, 0.5) is 5.69 Å². The van der Waals surface area contributed by atoms with Gasteiger partial charge < -0.3 is 15.5 Å². The maximum absolute atomic E-state index is 11.5. The normalized spacial score (nSPS) is 16.1. The van der Waals surface area contributed by atoms with Crippen LogP contribution in [-0.4, -0.2) is 34.6 Å². The van der Waals surface area contributed by atoms with Gasteiger partial charge in [-0.3, -0.25) is 9.59 Å². The lowest BCUT2D eigenvalue weighted by atomic mass is 9.98. The molecule has 0 radical (unpaired) electrons. The third-order valence-corrected chi connectivity index (χ3v) is 3.06. The third kappa shape index (κ3) is 2.48. The van der Waals surface area contributed by atoms with Crippen LogP contribution in [0.3, 0.4) is 0 Å². The number of fused-ring (bicyclic) bond motifs is 1. The zero-order valence-corrected chi connectivity index (χ0v) is 10.4. The molecule has 20 heavy (non-hydrogen) atoms. The molecule has 0 fully saturated rings. The molecule has 0 saturated heterocycles. The Morgan fingerprint density at radius 1 is 1.35 bits per heavy atom. The Labute approximate surface area is 113 Å². The lowest BCUT2D eigenvalue weighted by Gasteiger charge is -2.19. The highest BCUT2D eigenvalue weighted by Gasteiger charge is 2.32. The van der Waals surface area contributed by atoms with E-state index in [4.69, 9.17) is 5.53 Å². The fourth-order valence-electron chi connectivity index (χ4n) is 2.04. The molecule has 1 aromatic rings. The number of hydrogen-bond donors (Lipinski definition) is 3. The molecule has 0 spiro atoms. The lowest BCUT2D eigenvalue weighted by molar-refractivity contribution is -0.112. The minimum Gasteiger partial charge on any atom is -0.390 e. The first kappa shape index (κ1) is 14.0. The predicted octanol–water partition coefficient (Wildman–Crippen LogP) is 0.916. The van der Waals surface area contributed by atoms with Crippen LogP contribution in [0.25, 0.3) is 10.4 Å². The van der Waals surface area contributed by atoms with E-state index in [1.165, 1.54) is 18.2 Å². The van der Waals surface area contributed by atoms with Gasteiger partial charge in [-0.25, -0.2) is 0 Å². The average molecular weight is 276 g/mol. The van der Waals surface area contributed by atoms with Gasteiger partial charge in [0.05, 0.1) is 17.4 Å². The van der Waals surface area contributed by atoms with Crippen LogP contribution in [-0.2, 0) is 4.79 Å². The zero-order valence-electron chi connectivity index (χ0n) is 10.4. The molecule has 1 aliphatic heterocycles. The van der Waals surface area contributed by atoms with E-state index in [-0.39, 0.29) is 29.8 Å². The number of hydrogen-bond acceptors (Lipinski definition) is 5. The second kappa shape index (κ2) is 5.70. The van der Waals surface area contributed by atoms with Crippen LogP contribution in [0.5, 0.6) is 0 Å². The van der Waals surface area contributed by atoms with E-state index in [0.29, 0.717) is 0 Å². The molecule has 2 rings (SSSR count). The quantitative estimate of drug-likeness (QED) is 0.319. The van der Waals surface area contributed by atoms with E-state index in [1.54, 1.807) is 0 Å². The number of carbonyl (C=O) groups is 2. The number of para-hydroxylation sites is 1. The number of benzene rings is 1. The smallest absolute Gasteiger partial charge is 0.296 e. The summed E-state index contributed by atoms with van der Waals surface area (Å²) in [4.78, 5) is 25.4. The number of anilines is 1. The van der Waals surface area contributed by atoms with Gasteiger partial charge in [0.1, 0.15) is 6.10 Å². The Bertz CT molecular complexity index is 609. The Morgan fingerprint density at radius 2 is 2.10 bits per heavy atom. The summed E-state index contributed by atoms with van der Waals surface area (Å²) in [6.07, 6.45) is -2.39. The van der Waals surface area contributed by atoms with Gasteiger partial charge in [-0.1, -0.05) is 17.2 Å². The van der Waals surface area contributed by atoms with Crippen molar-refractivity contribution in [3.63, 3.8) is 0 Å². The molecule has 0 bridgehead atoms. The summed E-state index contributed by atoms with van der Waals surface area (Å²) in [6.45, 7) is 0.0367. The molecule has 104 valence electrons. The number of Topliss-reactive ketones (excluding diaryl/α,β-unsaturated/α-hetero) is 1. The molecule has 0 saturated carbocycles. The number of rotatable bonds is 5. The van der Waals surface area contributed by atoms with Gasteiger partial charge in [0.25, 0.3) is 11.7 Å². The fourth-order valence-corrected chi connectivity index (χ4v) is 2.04. The van der Waals surface area contributed by atoms with Crippen molar-refractivity contribution in [1.29, 1.82) is 0 Å². The number of amides is 1. The summed E-state index contributed by atoms with van der Waals surface area (Å²) < 4.78 is 0. The largest absolute Gasteiger partial charge is 0.390 e. The van der Waals surface area contributed by atoms with Gasteiger partial charge in [0.15, 0.2) is 0 Å². The molecule has 1 aliphatic rings. The van der Waals surface area contributed by atoms with Crippen LogP contribution in [0.2, 0.25) is 0 Å². The number of azide groups is 1. The van der Waals surface area contributed by atoms with Crippen molar-refractivity contribution in [2.75, 3.05) is 11.9 Å². The molecule has 0 aliphatic carbocycles. The summed E-state index contributed by atoms with van der Waals surface area (Å²) in [5.41, 5.74) is 8.80. The SMILES string of the molecule is [N-]=[N+]=NCCC(O)C(O)c1cccc2c1NC(=O)C2=O. The van der Waals surface area contributed by atoms with E-state index < -0.39 is 23.9 Å². The standard InChI is InChI=1S/C12H12N4O4/c13-16-14-5-4-8(17)10(18)6-2-1-3-7-9(6)15-12(20)11(7)19/h1-3,8,10,17-18H,4-5H2,(H,15,19,20). The van der Waals surface area contributed by atoms with Gasteiger partial charge in [-0.05, 0) is 18.0 Å². The van der Waals surface area contributed by atoms with Crippen LogP contribution >= 0.6 is 0 Å². The molecule has 1 heterocycles. The molecule has 2 unspecified atom stereocenters. The van der Waals surface area contributed by atoms with Gasteiger partial charge in [0.2, 0.25) is 0 Å². The zero-order chi connectivity index (χ0) is 14.7. The van der Waals surface area contributed by atoms with Crippen molar-refractivity contribution in [2.24, 2.45) is 5.11 Å². The molecule has 3 N–H and O–H groups in total. The van der Waals surface area contributed by atoms with Crippen molar-refractivity contribution < 1.29 is 19.8 Å². The number of aliphatic hydroxyl groups excluding tert-OH is 2. The molecule has 8 heteroatoms. The maximum atomic E-state index is 11.5. The number of carbonyl (C=O) groups excluding carboxylic acids is 2. The highest BCUT2D eigenvalue weighted by molar-refractivity contribution is 6.51. The van der Waals surface area contributed by atoms with E-state index in [9.17, 15) is 19.8 Å². The van der Waals surface area contributed by atoms with Gasteiger partial charge in [-0.15, -0.1) is 0 Å². The maximum Gasteiger partial charge on any atom is 0.296 e. The summed E-state index contributed by atoms with van der Waals surface area (Å²) in [6, 6.07) is 4.51. The molecular weight excluding hydrogens is 264 g/mol. The van der Waals surface area contributed by atoms with E-state index >= 15 is 0 Å². The average Bonchev–Trinajstić information content (AvgIpc) is 2.74. The van der Waals surface area contributed by atoms with Gasteiger partial charge >= 0.3 is 0 Å². The summed E-state index contributed by atoms with van der Waals surface area (Å²) in [5.74, 6) is -1.43. The number of ketones is 1. The minimum atomic E-state index is -1.29. The lowest BCUT2D eigenvalue weighted by Crippen LogP contribution is -2.20. The van der Waals surface area contributed by atoms with Crippen LogP contribution in [0, 0.1) is 0 Å². The van der Waals surface area contributed by atoms with Crippen LogP contribution in [0.15, 0.2) is 23.3 Å².